The van der Waals surface area contributed by atoms with Gasteiger partial charge in [-0.05, 0) is 19.0 Å². The van der Waals surface area contributed by atoms with Crippen molar-refractivity contribution in [3.8, 4) is 0 Å². The normalized spacial score (nSPS) is 13.2. The van der Waals surface area contributed by atoms with Gasteiger partial charge in [-0.25, -0.2) is 4.98 Å². The van der Waals surface area contributed by atoms with Crippen molar-refractivity contribution in [2.24, 2.45) is 0 Å². The fraction of sp³-hybridized carbons (Fsp3) is 0.500. The maximum Gasteiger partial charge on any atom is 0.227 e. The van der Waals surface area contributed by atoms with Gasteiger partial charge in [0.1, 0.15) is 0 Å². The molecule has 0 saturated carbocycles. The first-order chi connectivity index (χ1) is 12.2. The van der Waals surface area contributed by atoms with E-state index in [1.54, 1.807) is 11.6 Å². The van der Waals surface area contributed by atoms with Gasteiger partial charge in [0, 0.05) is 50.5 Å². The van der Waals surface area contributed by atoms with Crippen molar-refractivity contribution < 1.29 is 9.59 Å². The number of hydrogen-bond donors (Lipinski definition) is 3. The van der Waals surface area contributed by atoms with Crippen LogP contribution in [0, 0.1) is 0 Å². The summed E-state index contributed by atoms with van der Waals surface area (Å²) in [5.74, 6) is -0.219. The quantitative estimate of drug-likeness (QED) is 0.653. The van der Waals surface area contributed by atoms with Crippen LogP contribution in [0.3, 0.4) is 0 Å². The number of anilines is 1. The van der Waals surface area contributed by atoms with E-state index in [4.69, 9.17) is 0 Å². The van der Waals surface area contributed by atoms with Crippen LogP contribution < -0.4 is 16.0 Å². The highest BCUT2D eigenvalue weighted by molar-refractivity contribution is 7.13. The lowest BCUT2D eigenvalue weighted by Gasteiger charge is -2.04. The first kappa shape index (κ1) is 20.3. The van der Waals surface area contributed by atoms with Gasteiger partial charge < -0.3 is 16.0 Å². The Morgan fingerprint density at radius 3 is 3.00 bits per heavy atom. The number of aryl methyl sites for hydroxylation is 2. The van der Waals surface area contributed by atoms with Gasteiger partial charge in [-0.2, -0.15) is 5.10 Å². The minimum Gasteiger partial charge on any atom is -0.356 e. The van der Waals surface area contributed by atoms with Crippen molar-refractivity contribution in [3.63, 3.8) is 0 Å². The third kappa shape index (κ3) is 6.08. The van der Waals surface area contributed by atoms with Gasteiger partial charge in [-0.1, -0.05) is 0 Å². The fourth-order valence-corrected chi connectivity index (χ4v) is 3.20. The maximum atomic E-state index is 11.9. The topological polar surface area (TPSA) is 101 Å². The van der Waals surface area contributed by atoms with E-state index in [9.17, 15) is 9.59 Å². The van der Waals surface area contributed by atoms with E-state index in [1.165, 1.54) is 17.0 Å². The lowest BCUT2D eigenvalue weighted by Crippen LogP contribution is -2.27. The summed E-state index contributed by atoms with van der Waals surface area (Å²) in [6.45, 7) is 3.08. The van der Waals surface area contributed by atoms with Gasteiger partial charge in [0.2, 0.25) is 11.8 Å². The molecule has 0 bridgehead atoms. The first-order valence-electron chi connectivity index (χ1n) is 8.43. The third-order valence-electron chi connectivity index (χ3n) is 3.90. The molecule has 8 nitrogen and oxygen atoms in total. The first-order valence-corrected chi connectivity index (χ1v) is 9.31. The Balaban J connectivity index is 0.00000243. The Hall–Kier alpha value is -1.97. The number of amides is 2. The number of halogens is 1. The summed E-state index contributed by atoms with van der Waals surface area (Å²) in [7, 11) is 0. The molecule has 142 valence electrons. The van der Waals surface area contributed by atoms with Crippen LogP contribution in [0.5, 0.6) is 0 Å². The summed E-state index contributed by atoms with van der Waals surface area (Å²) in [6, 6.07) is 2.06. The number of hydrogen-bond acceptors (Lipinski definition) is 6. The van der Waals surface area contributed by atoms with Crippen LogP contribution in [-0.2, 0) is 29.1 Å². The number of rotatable bonds is 7. The summed E-state index contributed by atoms with van der Waals surface area (Å²) in [4.78, 5) is 27.6. The molecule has 0 unspecified atom stereocenters. The number of thiazole rings is 1. The van der Waals surface area contributed by atoms with E-state index in [1.807, 2.05) is 4.68 Å². The fourth-order valence-electron chi connectivity index (χ4n) is 2.66. The zero-order valence-corrected chi connectivity index (χ0v) is 16.0. The van der Waals surface area contributed by atoms with Gasteiger partial charge in [-0.15, -0.1) is 23.7 Å². The van der Waals surface area contributed by atoms with Crippen molar-refractivity contribution in [2.75, 3.05) is 18.4 Å². The molecule has 2 aromatic rings. The molecule has 0 aliphatic carbocycles. The van der Waals surface area contributed by atoms with Crippen LogP contribution in [0.1, 0.15) is 30.7 Å². The largest absolute Gasteiger partial charge is 0.356 e. The average molecular weight is 399 g/mol. The molecule has 0 saturated heterocycles. The lowest BCUT2D eigenvalue weighted by atomic mass is 10.2. The highest BCUT2D eigenvalue weighted by Crippen LogP contribution is 2.11. The van der Waals surface area contributed by atoms with Crippen molar-refractivity contribution in [3.05, 3.63) is 29.0 Å². The average Bonchev–Trinajstić information content (AvgIpc) is 3.18. The third-order valence-corrected chi connectivity index (χ3v) is 4.59. The Morgan fingerprint density at radius 2 is 2.19 bits per heavy atom. The summed E-state index contributed by atoms with van der Waals surface area (Å²) >= 11 is 1.37. The molecule has 10 heteroatoms. The standard InChI is InChI=1S/C16H22N6O2S.ClH/c23-14(18-6-4-15(24)20-16-19-7-9-25-16)3-2-12-10-13-11-17-5-1-8-22(13)21-12;/h7,9-10,17H,1-6,8,11H2,(H,18,23)(H,19,20,24);1H. The van der Waals surface area contributed by atoms with Gasteiger partial charge in [0.25, 0.3) is 0 Å². The van der Waals surface area contributed by atoms with E-state index in [0.717, 1.165) is 31.7 Å². The molecule has 2 amide bonds. The molecule has 3 heterocycles. The molecular formula is C16H23ClN6O2S. The van der Waals surface area contributed by atoms with Crippen LogP contribution in [0.4, 0.5) is 5.13 Å². The van der Waals surface area contributed by atoms with Crippen LogP contribution >= 0.6 is 23.7 Å². The zero-order chi connectivity index (χ0) is 17.5. The van der Waals surface area contributed by atoms with Crippen LogP contribution in [0.15, 0.2) is 17.6 Å². The van der Waals surface area contributed by atoms with Crippen LogP contribution in [-0.4, -0.2) is 39.7 Å². The van der Waals surface area contributed by atoms with E-state index in [0.29, 0.717) is 24.5 Å². The predicted octanol–water partition coefficient (Wildman–Crippen LogP) is 1.33. The molecule has 0 radical (unpaired) electrons. The Morgan fingerprint density at radius 1 is 1.31 bits per heavy atom. The summed E-state index contributed by atoms with van der Waals surface area (Å²) in [5, 5.41) is 15.7. The molecule has 3 rings (SSSR count). The number of nitrogens with zero attached hydrogens (tertiary/aromatic N) is 3. The summed E-state index contributed by atoms with van der Waals surface area (Å²) in [5.41, 5.74) is 2.11. The van der Waals surface area contributed by atoms with Crippen LogP contribution in [0.25, 0.3) is 0 Å². The zero-order valence-electron chi connectivity index (χ0n) is 14.4. The second-order valence-electron chi connectivity index (χ2n) is 5.87. The van der Waals surface area contributed by atoms with Crippen LogP contribution in [0.2, 0.25) is 0 Å². The minimum atomic E-state index is -0.152. The molecule has 1 aliphatic heterocycles. The van der Waals surface area contributed by atoms with E-state index in [2.05, 4.69) is 32.1 Å². The molecule has 0 spiro atoms. The predicted molar refractivity (Wildman–Crippen MR) is 102 cm³/mol. The molecule has 0 atom stereocenters. The summed E-state index contributed by atoms with van der Waals surface area (Å²) < 4.78 is 2.02. The van der Waals surface area contributed by atoms with E-state index >= 15 is 0 Å². The Labute approximate surface area is 162 Å². The van der Waals surface area contributed by atoms with Crippen molar-refractivity contribution in [1.82, 2.24) is 25.4 Å². The highest BCUT2D eigenvalue weighted by Gasteiger charge is 2.12. The number of fused-ring (bicyclic) bond motifs is 1. The molecule has 26 heavy (non-hydrogen) atoms. The van der Waals surface area contributed by atoms with E-state index < -0.39 is 0 Å². The monoisotopic (exact) mass is 398 g/mol. The number of aromatic nitrogens is 3. The van der Waals surface area contributed by atoms with Crippen molar-refractivity contribution >= 4 is 40.7 Å². The lowest BCUT2D eigenvalue weighted by molar-refractivity contribution is -0.121. The molecule has 2 aromatic heterocycles. The minimum absolute atomic E-state index is 0. The van der Waals surface area contributed by atoms with Gasteiger partial charge in [0.15, 0.2) is 5.13 Å². The van der Waals surface area contributed by atoms with Crippen molar-refractivity contribution in [2.45, 2.75) is 38.8 Å². The molecule has 0 fully saturated rings. The smallest absolute Gasteiger partial charge is 0.227 e. The SMILES string of the molecule is Cl.O=C(CCc1cc2n(n1)CCCNC2)NCCC(=O)Nc1nccs1. The Kier molecular flexibility index (Phi) is 8.02. The van der Waals surface area contributed by atoms with Crippen molar-refractivity contribution in [1.29, 1.82) is 0 Å². The summed E-state index contributed by atoms with van der Waals surface area (Å²) in [6.07, 6.45) is 3.91. The van der Waals surface area contributed by atoms with Gasteiger partial charge in [-0.3, -0.25) is 14.3 Å². The molecule has 3 N–H and O–H groups in total. The molecular weight excluding hydrogens is 376 g/mol. The number of carbonyl (C=O) groups is 2. The van der Waals surface area contributed by atoms with Gasteiger partial charge in [0.05, 0.1) is 11.4 Å². The molecule has 0 aromatic carbocycles. The second-order valence-corrected chi connectivity index (χ2v) is 6.76. The maximum absolute atomic E-state index is 11.9. The second kappa shape index (κ2) is 10.2. The number of carbonyl (C=O) groups excluding carboxylic acids is 2. The number of nitrogens with one attached hydrogen (secondary N) is 3. The van der Waals surface area contributed by atoms with E-state index in [-0.39, 0.29) is 30.6 Å². The highest BCUT2D eigenvalue weighted by atomic mass is 35.5. The molecule has 1 aliphatic rings. The van der Waals surface area contributed by atoms with Gasteiger partial charge >= 0.3 is 0 Å². The Bertz CT molecular complexity index is 695.